The van der Waals surface area contributed by atoms with Crippen molar-refractivity contribution in [3.8, 4) is 33.9 Å². The molecule has 3 aliphatic rings. The van der Waals surface area contributed by atoms with E-state index in [1.165, 1.54) is 5.57 Å². The number of hydrogen-bond donors (Lipinski definition) is 0. The van der Waals surface area contributed by atoms with E-state index in [0.717, 1.165) is 90.2 Å². The summed E-state index contributed by atoms with van der Waals surface area (Å²) in [7, 11) is -3.47. The molecule has 0 saturated carbocycles. The van der Waals surface area contributed by atoms with Crippen LogP contribution in [0.4, 0.5) is 17.3 Å². The predicted molar refractivity (Wildman–Crippen MR) is 243 cm³/mol. The molecule has 8 aromatic rings. The molecule has 3 heterocycles. The lowest BCUT2D eigenvalue weighted by Gasteiger charge is -2.27. The molecule has 280 valence electrons. The lowest BCUT2D eigenvalue weighted by molar-refractivity contribution is 0.593. The third-order valence-electron chi connectivity index (χ3n) is 11.5. The molecule has 0 saturated heterocycles. The van der Waals surface area contributed by atoms with Crippen LogP contribution in [0.5, 0.6) is 0 Å². The molecule has 7 aromatic carbocycles. The maximum absolute atomic E-state index is 16.6. The molecule has 1 aliphatic carbocycles. The largest absolute Gasteiger partial charge is 0.309 e. The fourth-order valence-corrected chi connectivity index (χ4v) is 12.1. The molecular formula is C53H37N4OP. The van der Waals surface area contributed by atoms with Crippen LogP contribution >= 0.6 is 7.14 Å². The molecule has 59 heavy (non-hydrogen) atoms. The van der Waals surface area contributed by atoms with Crippen LogP contribution in [0.2, 0.25) is 0 Å². The smallest absolute Gasteiger partial charge is 0.238 e. The van der Waals surface area contributed by atoms with Gasteiger partial charge in [0.05, 0.1) is 11.4 Å². The molecule has 2 aliphatic heterocycles. The van der Waals surface area contributed by atoms with Gasteiger partial charge in [0, 0.05) is 43.8 Å². The number of rotatable bonds is 6. The normalized spacial score (nSPS) is 16.4. The van der Waals surface area contributed by atoms with Gasteiger partial charge in [-0.3, -0.25) is 4.90 Å². The minimum Gasteiger partial charge on any atom is -0.309 e. The molecule has 1 aromatic heterocycles. The molecule has 0 spiro atoms. The topological polar surface area (TPSA) is 59.0 Å². The number of hydrogen-bond acceptors (Lipinski definition) is 5. The molecule has 1 atom stereocenters. The van der Waals surface area contributed by atoms with E-state index in [-0.39, 0.29) is 0 Å². The van der Waals surface area contributed by atoms with E-state index in [1.807, 2.05) is 84.9 Å². The van der Waals surface area contributed by atoms with Gasteiger partial charge in [-0.15, -0.1) is 0 Å². The Morgan fingerprint density at radius 1 is 0.475 bits per heavy atom. The molecule has 0 amide bonds. The molecule has 0 bridgehead atoms. The molecule has 0 fully saturated rings. The highest BCUT2D eigenvalue weighted by Crippen LogP contribution is 2.68. The van der Waals surface area contributed by atoms with Gasteiger partial charge in [0.2, 0.25) is 5.95 Å². The standard InChI is InChI=1S/C53H37N4OP/c58-59(42-24-16-23-41(35-42)37-19-6-2-7-20-37)48-30-15-12-27-45(48)49-43-25-10-13-28-46(43)57(47-29-14-11-26-44(47)50(49)59)53-55-51(39-21-8-3-9-22-39)54-52(56-53)40-33-31-38(32-34-40)36-17-4-1-5-18-36/h2-4,6-35H,1,5H2. The van der Waals surface area contributed by atoms with E-state index in [1.54, 1.807) is 0 Å². The zero-order valence-electron chi connectivity index (χ0n) is 32.1. The first-order chi connectivity index (χ1) is 29.1. The lowest BCUT2D eigenvalue weighted by Crippen LogP contribution is -2.19. The van der Waals surface area contributed by atoms with Crippen molar-refractivity contribution < 1.29 is 4.57 Å². The van der Waals surface area contributed by atoms with Gasteiger partial charge in [-0.25, -0.2) is 4.98 Å². The van der Waals surface area contributed by atoms with Crippen molar-refractivity contribution in [3.63, 3.8) is 0 Å². The fraction of sp³-hybridized carbons (Fsp3) is 0.0377. The van der Waals surface area contributed by atoms with Crippen LogP contribution in [0.15, 0.2) is 200 Å². The van der Waals surface area contributed by atoms with E-state index in [0.29, 0.717) is 17.6 Å². The predicted octanol–water partition coefficient (Wildman–Crippen LogP) is 12.6. The van der Waals surface area contributed by atoms with Crippen LogP contribution in [0.3, 0.4) is 0 Å². The Morgan fingerprint density at radius 3 is 1.76 bits per heavy atom. The fourth-order valence-electron chi connectivity index (χ4n) is 8.77. The first kappa shape index (κ1) is 35.0. The first-order valence-corrected chi connectivity index (χ1v) is 21.7. The zero-order valence-corrected chi connectivity index (χ0v) is 33.0. The Hall–Kier alpha value is -7.20. The molecular weight excluding hydrogens is 740 g/mol. The summed E-state index contributed by atoms with van der Waals surface area (Å²) in [6.45, 7) is 0. The maximum Gasteiger partial charge on any atom is 0.238 e. The molecule has 5 nitrogen and oxygen atoms in total. The van der Waals surface area contributed by atoms with Gasteiger partial charge < -0.3 is 4.57 Å². The summed E-state index contributed by atoms with van der Waals surface area (Å²) < 4.78 is 16.6. The second kappa shape index (κ2) is 14.3. The van der Waals surface area contributed by atoms with Crippen molar-refractivity contribution in [1.82, 2.24) is 15.0 Å². The number of aromatic nitrogens is 3. The Balaban J connectivity index is 1.14. The number of fused-ring (bicyclic) bond motifs is 6. The van der Waals surface area contributed by atoms with E-state index >= 15 is 4.57 Å². The summed E-state index contributed by atoms with van der Waals surface area (Å²) >= 11 is 0. The van der Waals surface area contributed by atoms with Gasteiger partial charge >= 0.3 is 0 Å². The summed E-state index contributed by atoms with van der Waals surface area (Å²) in [5.74, 6) is 1.62. The third kappa shape index (κ3) is 5.85. The summed E-state index contributed by atoms with van der Waals surface area (Å²) in [5.41, 5.74) is 11.8. The van der Waals surface area contributed by atoms with Crippen LogP contribution in [-0.2, 0) is 4.57 Å². The van der Waals surface area contributed by atoms with Crippen molar-refractivity contribution in [2.45, 2.75) is 12.8 Å². The van der Waals surface area contributed by atoms with Crippen molar-refractivity contribution in [1.29, 1.82) is 0 Å². The van der Waals surface area contributed by atoms with Gasteiger partial charge in [0.1, 0.15) is 0 Å². The quantitative estimate of drug-likeness (QED) is 0.157. The molecule has 0 N–H and O–H groups in total. The molecule has 0 radical (unpaired) electrons. The lowest BCUT2D eigenvalue weighted by atomic mass is 9.95. The van der Waals surface area contributed by atoms with Crippen LogP contribution < -0.4 is 15.5 Å². The second-order valence-corrected chi connectivity index (χ2v) is 17.7. The number of benzene rings is 7. The zero-order chi connectivity index (χ0) is 39.3. The third-order valence-corrected chi connectivity index (χ3v) is 14.7. The second-order valence-electron chi connectivity index (χ2n) is 15.0. The average Bonchev–Trinajstić information content (AvgIpc) is 3.50. The van der Waals surface area contributed by atoms with Crippen molar-refractivity contribution in [2.24, 2.45) is 0 Å². The molecule has 11 rings (SSSR count). The van der Waals surface area contributed by atoms with Crippen molar-refractivity contribution in [2.75, 3.05) is 4.90 Å². The van der Waals surface area contributed by atoms with Crippen molar-refractivity contribution in [3.05, 3.63) is 222 Å². The monoisotopic (exact) mass is 776 g/mol. The highest BCUT2D eigenvalue weighted by molar-refractivity contribution is 7.88. The summed E-state index contributed by atoms with van der Waals surface area (Å²) in [6.07, 6.45) is 8.84. The number of para-hydroxylation sites is 2. The Kier molecular flexibility index (Phi) is 8.49. The number of nitrogens with zero attached hydrogens (tertiary/aromatic N) is 4. The highest BCUT2D eigenvalue weighted by Gasteiger charge is 2.46. The number of anilines is 3. The van der Waals surface area contributed by atoms with E-state index in [2.05, 4.69) is 120 Å². The van der Waals surface area contributed by atoms with Gasteiger partial charge in [-0.2, -0.15) is 9.97 Å². The minimum absolute atomic E-state index is 0.478. The first-order valence-electron chi connectivity index (χ1n) is 20.0. The highest BCUT2D eigenvalue weighted by atomic mass is 31.2. The average molecular weight is 777 g/mol. The summed E-state index contributed by atoms with van der Waals surface area (Å²) in [6, 6.07) is 62.1. The molecule has 6 heteroatoms. The van der Waals surface area contributed by atoms with Crippen LogP contribution in [0, 0.1) is 0 Å². The summed E-state index contributed by atoms with van der Waals surface area (Å²) in [5, 5.41) is 2.48. The van der Waals surface area contributed by atoms with Gasteiger partial charge in [-0.05, 0) is 58.9 Å². The SMILES string of the molecule is O=P1(c2cccc(-c3ccccc3)c2)C2=C(c3ccccc3N(c3nc(-c4ccccc4)nc(-c4ccc(C5=CCCC=C5)cc4)n3)c3ccccc32)c2ccccc21. The number of allylic oxidation sites excluding steroid dienone is 4. The van der Waals surface area contributed by atoms with Gasteiger partial charge in [0.25, 0.3) is 0 Å². The van der Waals surface area contributed by atoms with Crippen LogP contribution in [0.1, 0.15) is 35.1 Å². The minimum atomic E-state index is -3.47. The Morgan fingerprint density at radius 2 is 1.05 bits per heavy atom. The molecule has 1 unspecified atom stereocenters. The van der Waals surface area contributed by atoms with E-state index in [4.69, 9.17) is 15.0 Å². The Bertz CT molecular complexity index is 3080. The Labute approximate surface area is 343 Å². The van der Waals surface area contributed by atoms with Gasteiger partial charge in [-0.1, -0.05) is 182 Å². The van der Waals surface area contributed by atoms with Gasteiger partial charge in [0.15, 0.2) is 18.8 Å². The maximum atomic E-state index is 16.6. The van der Waals surface area contributed by atoms with Crippen LogP contribution in [-0.4, -0.2) is 15.0 Å². The van der Waals surface area contributed by atoms with E-state index in [9.17, 15) is 0 Å². The van der Waals surface area contributed by atoms with E-state index < -0.39 is 7.14 Å². The van der Waals surface area contributed by atoms with Crippen molar-refractivity contribution >= 4 is 51.5 Å². The van der Waals surface area contributed by atoms with Crippen LogP contribution in [0.25, 0.3) is 50.4 Å². The summed E-state index contributed by atoms with van der Waals surface area (Å²) in [4.78, 5) is 17.8.